The zero-order chi connectivity index (χ0) is 13.0. The van der Waals surface area contributed by atoms with Crippen LogP contribution in [0, 0.1) is 0 Å². The molecule has 1 saturated heterocycles. The van der Waals surface area contributed by atoms with Crippen LogP contribution in [0.1, 0.15) is 10.4 Å². The number of Topliss-reactive ketones (excluding diaryl/α,β-unsaturated/α-hetero) is 1. The smallest absolute Gasteiger partial charge is 0.293 e. The number of nitrogens with one attached hydrogen (secondary N) is 3. The quantitative estimate of drug-likeness (QED) is 0.680. The van der Waals surface area contributed by atoms with E-state index in [0.717, 1.165) is 11.8 Å². The van der Waals surface area contributed by atoms with E-state index < -0.39 is 17.3 Å². The largest absolute Gasteiger partial charge is 0.335 e. The lowest BCUT2D eigenvalue weighted by molar-refractivity contribution is -0.120. The van der Waals surface area contributed by atoms with E-state index in [1.807, 2.05) is 6.07 Å². The van der Waals surface area contributed by atoms with Gasteiger partial charge >= 0.3 is 6.03 Å². The Kier molecular flexibility index (Phi) is 3.96. The molecular formula is C11H11N3O3S. The van der Waals surface area contributed by atoms with Crippen molar-refractivity contribution in [1.82, 2.24) is 16.2 Å². The van der Waals surface area contributed by atoms with Crippen LogP contribution in [-0.4, -0.2) is 28.8 Å². The third kappa shape index (κ3) is 3.08. The minimum absolute atomic E-state index is 0.0629. The number of rotatable bonds is 4. The van der Waals surface area contributed by atoms with Gasteiger partial charge in [-0.25, -0.2) is 10.2 Å². The lowest BCUT2D eigenvalue weighted by Gasteiger charge is -2.22. The van der Waals surface area contributed by atoms with Gasteiger partial charge in [-0.1, -0.05) is 30.3 Å². The summed E-state index contributed by atoms with van der Waals surface area (Å²) in [6.45, 7) is 0. The number of imide groups is 1. The molecule has 2 rings (SSSR count). The zero-order valence-corrected chi connectivity index (χ0v) is 10.1. The Balaban J connectivity index is 1.87. The van der Waals surface area contributed by atoms with E-state index in [9.17, 15) is 14.4 Å². The van der Waals surface area contributed by atoms with E-state index in [-0.39, 0.29) is 11.5 Å². The molecule has 94 valence electrons. The molecule has 1 heterocycles. The molecule has 0 bridgehead atoms. The second-order valence-electron chi connectivity index (χ2n) is 3.57. The summed E-state index contributed by atoms with van der Waals surface area (Å²) in [5, 5.41) is 1.45. The van der Waals surface area contributed by atoms with Crippen molar-refractivity contribution in [3.8, 4) is 0 Å². The maximum atomic E-state index is 11.8. The molecule has 1 aliphatic rings. The van der Waals surface area contributed by atoms with Crippen molar-refractivity contribution < 1.29 is 14.4 Å². The Morgan fingerprint density at radius 2 is 1.94 bits per heavy atom. The summed E-state index contributed by atoms with van der Waals surface area (Å²) in [5.74, 6) is -0.359. The number of carbonyl (C=O) groups is 3. The maximum Gasteiger partial charge on any atom is 0.335 e. The Hall–Kier alpha value is -1.86. The lowest BCUT2D eigenvalue weighted by atomic mass is 10.2. The predicted molar refractivity (Wildman–Crippen MR) is 66.8 cm³/mol. The van der Waals surface area contributed by atoms with Crippen LogP contribution in [0.4, 0.5) is 4.79 Å². The first kappa shape index (κ1) is 12.6. The van der Waals surface area contributed by atoms with E-state index in [1.165, 1.54) is 0 Å². The minimum Gasteiger partial charge on any atom is -0.293 e. The number of ketones is 1. The van der Waals surface area contributed by atoms with E-state index in [0.29, 0.717) is 5.56 Å². The van der Waals surface area contributed by atoms with E-state index >= 15 is 0 Å². The highest BCUT2D eigenvalue weighted by atomic mass is 32.2. The second kappa shape index (κ2) is 5.65. The van der Waals surface area contributed by atoms with Crippen molar-refractivity contribution in [2.45, 2.75) is 5.37 Å². The number of urea groups is 1. The molecule has 7 heteroatoms. The van der Waals surface area contributed by atoms with Gasteiger partial charge in [-0.15, -0.1) is 11.8 Å². The molecule has 1 fully saturated rings. The van der Waals surface area contributed by atoms with Crippen LogP contribution < -0.4 is 16.2 Å². The van der Waals surface area contributed by atoms with E-state index in [4.69, 9.17) is 0 Å². The molecule has 1 aromatic rings. The molecule has 0 spiro atoms. The van der Waals surface area contributed by atoms with E-state index in [1.54, 1.807) is 24.3 Å². The standard InChI is InChI=1S/C11H11N3O3S/c15-8(7-4-2-1-3-5-7)6-18-10-9(16)12-11(17)14-13-10/h1-5,10,13H,6H2,(H2,12,14,16,17). The van der Waals surface area contributed by atoms with Gasteiger partial charge in [-0.3, -0.25) is 20.3 Å². The number of hydrazine groups is 1. The van der Waals surface area contributed by atoms with Gasteiger partial charge in [-0.2, -0.15) is 0 Å². The fraction of sp³-hybridized carbons (Fsp3) is 0.182. The topological polar surface area (TPSA) is 87.3 Å². The van der Waals surface area contributed by atoms with Gasteiger partial charge in [-0.05, 0) is 0 Å². The van der Waals surface area contributed by atoms with Gasteiger partial charge in [0.05, 0.1) is 5.75 Å². The predicted octanol–water partition coefficient (Wildman–Crippen LogP) is 0.273. The highest BCUT2D eigenvalue weighted by molar-refractivity contribution is 8.01. The molecular weight excluding hydrogens is 254 g/mol. The number of thioether (sulfide) groups is 1. The molecule has 1 aliphatic heterocycles. The van der Waals surface area contributed by atoms with Gasteiger partial charge in [0.25, 0.3) is 5.91 Å². The number of hydrogen-bond acceptors (Lipinski definition) is 5. The van der Waals surface area contributed by atoms with Crippen LogP contribution in [0.5, 0.6) is 0 Å². The molecule has 0 aromatic heterocycles. The second-order valence-corrected chi connectivity index (χ2v) is 4.66. The molecule has 1 atom stereocenters. The average Bonchev–Trinajstić information content (AvgIpc) is 2.38. The van der Waals surface area contributed by atoms with Gasteiger partial charge in [0.2, 0.25) is 0 Å². The fourth-order valence-electron chi connectivity index (χ4n) is 1.39. The fourth-order valence-corrected chi connectivity index (χ4v) is 2.23. The van der Waals surface area contributed by atoms with Gasteiger partial charge in [0.15, 0.2) is 11.2 Å². The first-order valence-electron chi connectivity index (χ1n) is 5.23. The third-order valence-corrected chi connectivity index (χ3v) is 3.36. The summed E-state index contributed by atoms with van der Waals surface area (Å²) in [5.41, 5.74) is 5.40. The van der Waals surface area contributed by atoms with Crippen LogP contribution >= 0.6 is 11.8 Å². The average molecular weight is 265 g/mol. The summed E-state index contributed by atoms with van der Waals surface area (Å²) in [6, 6.07) is 8.24. The monoisotopic (exact) mass is 265 g/mol. The van der Waals surface area contributed by atoms with Crippen molar-refractivity contribution in [2.75, 3.05) is 5.75 Å². The first-order valence-corrected chi connectivity index (χ1v) is 6.28. The Labute approximate surface area is 107 Å². The maximum absolute atomic E-state index is 11.8. The molecule has 6 nitrogen and oxygen atoms in total. The van der Waals surface area contributed by atoms with Crippen molar-refractivity contribution in [1.29, 1.82) is 0 Å². The molecule has 3 N–H and O–H groups in total. The summed E-state index contributed by atoms with van der Waals surface area (Å²) < 4.78 is 0. The van der Waals surface area contributed by atoms with Crippen LogP contribution in [-0.2, 0) is 4.79 Å². The molecule has 1 unspecified atom stereocenters. The van der Waals surface area contributed by atoms with Crippen LogP contribution in [0.3, 0.4) is 0 Å². The number of amides is 3. The highest BCUT2D eigenvalue weighted by Crippen LogP contribution is 2.12. The summed E-state index contributed by atoms with van der Waals surface area (Å²) in [6.07, 6.45) is 0. The molecule has 3 amide bonds. The molecule has 0 aliphatic carbocycles. The van der Waals surface area contributed by atoms with Gasteiger partial charge < -0.3 is 0 Å². The number of benzene rings is 1. The van der Waals surface area contributed by atoms with E-state index in [2.05, 4.69) is 16.2 Å². The number of carbonyl (C=O) groups excluding carboxylic acids is 3. The zero-order valence-electron chi connectivity index (χ0n) is 9.30. The van der Waals surface area contributed by atoms with Crippen molar-refractivity contribution in [3.05, 3.63) is 35.9 Å². The summed E-state index contributed by atoms with van der Waals surface area (Å²) >= 11 is 1.12. The van der Waals surface area contributed by atoms with Crippen molar-refractivity contribution >= 4 is 29.5 Å². The third-order valence-electron chi connectivity index (χ3n) is 2.27. The Morgan fingerprint density at radius 3 is 2.61 bits per heavy atom. The highest BCUT2D eigenvalue weighted by Gasteiger charge is 2.26. The lowest BCUT2D eigenvalue weighted by Crippen LogP contribution is -2.61. The molecule has 0 saturated carbocycles. The SMILES string of the molecule is O=C1NNC(SCC(=O)c2ccccc2)C(=O)N1. The minimum atomic E-state index is -0.657. The van der Waals surface area contributed by atoms with Gasteiger partial charge in [0, 0.05) is 5.56 Å². The Morgan fingerprint density at radius 1 is 1.22 bits per heavy atom. The van der Waals surface area contributed by atoms with Gasteiger partial charge in [0.1, 0.15) is 0 Å². The summed E-state index contributed by atoms with van der Waals surface area (Å²) in [4.78, 5) is 34.0. The molecule has 18 heavy (non-hydrogen) atoms. The van der Waals surface area contributed by atoms with Crippen LogP contribution in [0.2, 0.25) is 0 Å². The van der Waals surface area contributed by atoms with Crippen LogP contribution in [0.15, 0.2) is 30.3 Å². The molecule has 1 aromatic carbocycles. The number of hydrogen-bond donors (Lipinski definition) is 3. The molecule has 0 radical (unpaired) electrons. The normalized spacial score (nSPS) is 19.0. The first-order chi connectivity index (χ1) is 8.66. The van der Waals surface area contributed by atoms with Crippen molar-refractivity contribution in [3.63, 3.8) is 0 Å². The Bertz CT molecular complexity index is 478. The van der Waals surface area contributed by atoms with Crippen LogP contribution in [0.25, 0.3) is 0 Å². The van der Waals surface area contributed by atoms with Crippen molar-refractivity contribution in [2.24, 2.45) is 0 Å². The summed E-state index contributed by atoms with van der Waals surface area (Å²) in [7, 11) is 0.